The minimum atomic E-state index is -0.149. The summed E-state index contributed by atoms with van der Waals surface area (Å²) in [6, 6.07) is 0.0926. The van der Waals surface area contributed by atoms with Crippen LogP contribution in [0.2, 0.25) is 0 Å². The molecule has 1 aromatic heterocycles. The maximum absolute atomic E-state index is 11.8. The number of urea groups is 1. The normalized spacial score (nSPS) is 20.7. The zero-order chi connectivity index (χ0) is 13.1. The Morgan fingerprint density at radius 1 is 1.50 bits per heavy atom. The van der Waals surface area contributed by atoms with Crippen molar-refractivity contribution in [3.63, 3.8) is 0 Å². The Kier molecular flexibility index (Phi) is 4.19. The predicted molar refractivity (Wildman–Crippen MR) is 74.3 cm³/mol. The molecular formula is C12H20N4OS. The number of carbonyl (C=O) groups is 1. The summed E-state index contributed by atoms with van der Waals surface area (Å²) in [7, 11) is 2.08. The van der Waals surface area contributed by atoms with Gasteiger partial charge in [-0.05, 0) is 40.3 Å². The lowest BCUT2D eigenvalue weighted by molar-refractivity contribution is 0.216. The average molecular weight is 268 g/mol. The summed E-state index contributed by atoms with van der Waals surface area (Å²) in [5.41, 5.74) is 0.979. The van der Waals surface area contributed by atoms with Gasteiger partial charge in [0.25, 0.3) is 0 Å². The van der Waals surface area contributed by atoms with Crippen LogP contribution in [0.25, 0.3) is 0 Å². The number of thiazole rings is 1. The molecule has 1 aromatic rings. The summed E-state index contributed by atoms with van der Waals surface area (Å²) < 4.78 is 0. The molecule has 2 heterocycles. The number of likely N-dealkylation sites (N-methyl/N-ethyl adjacent to an activating group) is 1. The van der Waals surface area contributed by atoms with Gasteiger partial charge in [-0.3, -0.25) is 5.32 Å². The molecule has 5 nitrogen and oxygen atoms in total. The van der Waals surface area contributed by atoms with Crippen LogP contribution in [0.3, 0.4) is 0 Å². The lowest BCUT2D eigenvalue weighted by Crippen LogP contribution is -2.47. The van der Waals surface area contributed by atoms with Gasteiger partial charge in [0.15, 0.2) is 5.13 Å². The third kappa shape index (κ3) is 3.43. The first-order chi connectivity index (χ1) is 8.54. The molecule has 1 fully saturated rings. The van der Waals surface area contributed by atoms with Gasteiger partial charge in [-0.15, -0.1) is 11.3 Å². The number of hydrogen-bond donors (Lipinski definition) is 2. The second-order valence-electron chi connectivity index (χ2n) is 4.86. The average Bonchev–Trinajstić information content (AvgIpc) is 2.57. The number of likely N-dealkylation sites (tertiary alicyclic amines) is 1. The smallest absolute Gasteiger partial charge is 0.321 e. The van der Waals surface area contributed by atoms with E-state index in [4.69, 9.17) is 0 Å². The molecule has 2 rings (SSSR count). The molecule has 2 N–H and O–H groups in total. The first-order valence-corrected chi connectivity index (χ1v) is 7.06. The molecule has 1 aliphatic heterocycles. The summed E-state index contributed by atoms with van der Waals surface area (Å²) in [5, 5.41) is 6.48. The second-order valence-corrected chi connectivity index (χ2v) is 6.06. The van der Waals surface area contributed by atoms with Crippen molar-refractivity contribution in [2.24, 2.45) is 0 Å². The van der Waals surface area contributed by atoms with Crippen molar-refractivity contribution >= 4 is 22.5 Å². The number of hydrogen-bond acceptors (Lipinski definition) is 4. The van der Waals surface area contributed by atoms with E-state index in [0.717, 1.165) is 36.5 Å². The third-order valence-electron chi connectivity index (χ3n) is 3.21. The number of anilines is 1. The molecule has 6 heteroatoms. The van der Waals surface area contributed by atoms with E-state index in [9.17, 15) is 4.79 Å². The van der Waals surface area contributed by atoms with Crippen LogP contribution in [0, 0.1) is 13.8 Å². The molecule has 0 bridgehead atoms. The van der Waals surface area contributed by atoms with E-state index in [2.05, 4.69) is 27.6 Å². The first-order valence-electron chi connectivity index (χ1n) is 6.24. The maximum atomic E-state index is 11.8. The largest absolute Gasteiger partial charge is 0.334 e. The van der Waals surface area contributed by atoms with Gasteiger partial charge in [0.05, 0.1) is 5.69 Å². The maximum Gasteiger partial charge on any atom is 0.321 e. The predicted octanol–water partition coefficient (Wildman–Crippen LogP) is 1.98. The summed E-state index contributed by atoms with van der Waals surface area (Å²) in [6.45, 7) is 5.99. The SMILES string of the molecule is Cc1nc(NC(=O)NC2CCCN(C)C2)sc1C. The van der Waals surface area contributed by atoms with Crippen molar-refractivity contribution in [3.05, 3.63) is 10.6 Å². The second kappa shape index (κ2) is 5.67. The minimum absolute atomic E-state index is 0.149. The Balaban J connectivity index is 1.84. The van der Waals surface area contributed by atoms with Crippen LogP contribution in [0.5, 0.6) is 0 Å². The highest BCUT2D eigenvalue weighted by Gasteiger charge is 2.19. The highest BCUT2D eigenvalue weighted by Crippen LogP contribution is 2.20. The van der Waals surface area contributed by atoms with E-state index in [-0.39, 0.29) is 12.1 Å². The van der Waals surface area contributed by atoms with Crippen molar-refractivity contribution < 1.29 is 4.79 Å². The Hall–Kier alpha value is -1.14. The van der Waals surface area contributed by atoms with Gasteiger partial charge in [0.2, 0.25) is 0 Å². The lowest BCUT2D eigenvalue weighted by Gasteiger charge is -2.30. The van der Waals surface area contributed by atoms with Gasteiger partial charge in [-0.25, -0.2) is 9.78 Å². The van der Waals surface area contributed by atoms with Crippen molar-refractivity contribution in [1.29, 1.82) is 0 Å². The molecule has 18 heavy (non-hydrogen) atoms. The minimum Gasteiger partial charge on any atom is -0.334 e. The third-order valence-corrected chi connectivity index (χ3v) is 4.20. The summed E-state index contributed by atoms with van der Waals surface area (Å²) >= 11 is 1.51. The molecule has 0 saturated carbocycles. The molecule has 1 saturated heterocycles. The van der Waals surface area contributed by atoms with Crippen molar-refractivity contribution in [2.75, 3.05) is 25.5 Å². The molecule has 0 aliphatic carbocycles. The van der Waals surface area contributed by atoms with E-state index >= 15 is 0 Å². The first kappa shape index (κ1) is 13.3. The number of aryl methyl sites for hydroxylation is 2. The van der Waals surface area contributed by atoms with Gasteiger partial charge in [0.1, 0.15) is 0 Å². The van der Waals surface area contributed by atoms with Gasteiger partial charge in [-0.2, -0.15) is 0 Å². The zero-order valence-electron chi connectivity index (χ0n) is 11.1. The van der Waals surface area contributed by atoms with E-state index in [0.29, 0.717) is 5.13 Å². The summed E-state index contributed by atoms with van der Waals surface area (Å²) in [4.78, 5) is 19.5. The van der Waals surface area contributed by atoms with Crippen LogP contribution in [0.1, 0.15) is 23.4 Å². The Labute approximate surface area is 112 Å². The van der Waals surface area contributed by atoms with Crippen LogP contribution in [0.4, 0.5) is 9.93 Å². The molecule has 0 aromatic carbocycles. The summed E-state index contributed by atoms with van der Waals surface area (Å²) in [5.74, 6) is 0. The van der Waals surface area contributed by atoms with E-state index in [1.54, 1.807) is 0 Å². The molecular weight excluding hydrogens is 248 g/mol. The van der Waals surface area contributed by atoms with Gasteiger partial charge in [-0.1, -0.05) is 0 Å². The number of aromatic nitrogens is 1. The van der Waals surface area contributed by atoms with Crippen molar-refractivity contribution in [1.82, 2.24) is 15.2 Å². The van der Waals surface area contributed by atoms with E-state index in [1.807, 2.05) is 13.8 Å². The number of piperidine rings is 1. The van der Waals surface area contributed by atoms with Crippen LogP contribution < -0.4 is 10.6 Å². The van der Waals surface area contributed by atoms with Gasteiger partial charge >= 0.3 is 6.03 Å². The Morgan fingerprint density at radius 2 is 2.28 bits per heavy atom. The fourth-order valence-corrected chi connectivity index (χ4v) is 2.94. The molecule has 1 atom stereocenters. The Morgan fingerprint density at radius 3 is 2.89 bits per heavy atom. The monoisotopic (exact) mass is 268 g/mol. The summed E-state index contributed by atoms with van der Waals surface area (Å²) in [6.07, 6.45) is 2.19. The number of rotatable bonds is 2. The van der Waals surface area contributed by atoms with Crippen molar-refractivity contribution in [2.45, 2.75) is 32.7 Å². The molecule has 100 valence electrons. The number of carbonyl (C=O) groups excluding carboxylic acids is 1. The number of amides is 2. The van der Waals surface area contributed by atoms with Gasteiger partial charge in [0, 0.05) is 17.5 Å². The number of nitrogens with zero attached hydrogens (tertiary/aromatic N) is 2. The molecule has 0 spiro atoms. The van der Waals surface area contributed by atoms with Crippen LogP contribution >= 0.6 is 11.3 Å². The van der Waals surface area contributed by atoms with Crippen molar-refractivity contribution in [3.8, 4) is 0 Å². The highest BCUT2D eigenvalue weighted by molar-refractivity contribution is 7.15. The number of nitrogens with one attached hydrogen (secondary N) is 2. The standard InChI is InChI=1S/C12H20N4OS/c1-8-9(2)18-12(13-8)15-11(17)14-10-5-4-6-16(3)7-10/h10H,4-7H2,1-3H3,(H2,13,14,15,17). The fourth-order valence-electron chi connectivity index (χ4n) is 2.13. The quantitative estimate of drug-likeness (QED) is 0.862. The van der Waals surface area contributed by atoms with Gasteiger partial charge < -0.3 is 10.2 Å². The van der Waals surface area contributed by atoms with E-state index < -0.39 is 0 Å². The topological polar surface area (TPSA) is 57.3 Å². The Bertz CT molecular complexity index is 412. The zero-order valence-corrected chi connectivity index (χ0v) is 11.9. The molecule has 1 unspecified atom stereocenters. The lowest BCUT2D eigenvalue weighted by atomic mass is 10.1. The van der Waals surface area contributed by atoms with Crippen LogP contribution in [-0.4, -0.2) is 42.1 Å². The highest BCUT2D eigenvalue weighted by atomic mass is 32.1. The molecule has 0 radical (unpaired) electrons. The van der Waals surface area contributed by atoms with Crippen LogP contribution in [0.15, 0.2) is 0 Å². The van der Waals surface area contributed by atoms with E-state index in [1.165, 1.54) is 11.3 Å². The molecule has 2 amide bonds. The fraction of sp³-hybridized carbons (Fsp3) is 0.667. The van der Waals surface area contributed by atoms with Crippen LogP contribution in [-0.2, 0) is 0 Å². The molecule has 1 aliphatic rings.